The molecule has 3 rings (SSSR count). The zero-order valence-electron chi connectivity index (χ0n) is 16.5. The lowest BCUT2D eigenvalue weighted by Gasteiger charge is -2.31. The fourth-order valence-electron chi connectivity index (χ4n) is 3.71. The maximum Gasteiger partial charge on any atom is 0.275 e. The lowest BCUT2D eigenvalue weighted by molar-refractivity contribution is -0.896. The Morgan fingerprint density at radius 1 is 1.33 bits per heavy atom. The zero-order valence-corrected chi connectivity index (χ0v) is 16.5. The van der Waals surface area contributed by atoms with Gasteiger partial charge in [0, 0.05) is 31.0 Å². The van der Waals surface area contributed by atoms with Crippen LogP contribution in [0.25, 0.3) is 0 Å². The van der Waals surface area contributed by atoms with Crippen LogP contribution in [0.1, 0.15) is 31.9 Å². The SMILES string of the molecule is CCOc1cc2c(cc1CNC(=O)C[NH+]1CCN(C(C)=O)CC1)O[C@H](C)C2. The quantitative estimate of drug-likeness (QED) is 0.720. The number of hydrogen-bond acceptors (Lipinski definition) is 4. The van der Waals surface area contributed by atoms with Gasteiger partial charge in [-0.15, -0.1) is 0 Å². The molecule has 1 atom stereocenters. The molecule has 1 aromatic rings. The molecule has 0 radical (unpaired) electrons. The number of benzene rings is 1. The Morgan fingerprint density at radius 3 is 2.74 bits per heavy atom. The average Bonchev–Trinajstić information content (AvgIpc) is 2.99. The Hall–Kier alpha value is -2.28. The predicted molar refractivity (Wildman–Crippen MR) is 101 cm³/mol. The van der Waals surface area contributed by atoms with Crippen LogP contribution in [-0.2, 0) is 22.6 Å². The van der Waals surface area contributed by atoms with E-state index in [1.807, 2.05) is 24.0 Å². The molecule has 2 aliphatic rings. The molecule has 2 amide bonds. The molecular weight excluding hydrogens is 346 g/mol. The van der Waals surface area contributed by atoms with Crippen molar-refractivity contribution in [1.29, 1.82) is 0 Å². The van der Waals surface area contributed by atoms with Crippen molar-refractivity contribution in [1.82, 2.24) is 10.2 Å². The summed E-state index contributed by atoms with van der Waals surface area (Å²) in [5, 5.41) is 3.01. The van der Waals surface area contributed by atoms with Crippen LogP contribution >= 0.6 is 0 Å². The van der Waals surface area contributed by atoms with Gasteiger partial charge in [0.1, 0.15) is 17.6 Å². The van der Waals surface area contributed by atoms with Gasteiger partial charge in [-0.05, 0) is 26.0 Å². The first-order valence-corrected chi connectivity index (χ1v) is 9.77. The van der Waals surface area contributed by atoms with Crippen LogP contribution in [0.5, 0.6) is 11.5 Å². The van der Waals surface area contributed by atoms with Crippen molar-refractivity contribution in [3.8, 4) is 11.5 Å². The van der Waals surface area contributed by atoms with Crippen LogP contribution in [0.4, 0.5) is 0 Å². The second-order valence-corrected chi connectivity index (χ2v) is 7.34. The first-order valence-electron chi connectivity index (χ1n) is 9.77. The number of carbonyl (C=O) groups excluding carboxylic acids is 2. The summed E-state index contributed by atoms with van der Waals surface area (Å²) in [6, 6.07) is 4.03. The van der Waals surface area contributed by atoms with Gasteiger partial charge < -0.3 is 24.6 Å². The van der Waals surface area contributed by atoms with E-state index in [9.17, 15) is 9.59 Å². The molecule has 2 N–H and O–H groups in total. The van der Waals surface area contributed by atoms with Crippen molar-refractivity contribution in [2.24, 2.45) is 0 Å². The van der Waals surface area contributed by atoms with Crippen molar-refractivity contribution >= 4 is 11.8 Å². The summed E-state index contributed by atoms with van der Waals surface area (Å²) in [5.74, 6) is 1.83. The fraction of sp³-hybridized carbons (Fsp3) is 0.600. The van der Waals surface area contributed by atoms with Gasteiger partial charge in [0.15, 0.2) is 6.54 Å². The summed E-state index contributed by atoms with van der Waals surface area (Å²) in [6.45, 7) is 10.1. The van der Waals surface area contributed by atoms with Crippen molar-refractivity contribution in [2.45, 2.75) is 39.8 Å². The lowest BCUT2D eigenvalue weighted by atomic mass is 10.1. The van der Waals surface area contributed by atoms with Crippen LogP contribution < -0.4 is 19.7 Å². The Kier molecular flexibility index (Phi) is 6.21. The molecule has 7 heteroatoms. The van der Waals surface area contributed by atoms with E-state index in [1.165, 1.54) is 4.90 Å². The molecule has 2 heterocycles. The third kappa shape index (κ3) is 4.91. The predicted octanol–water partition coefficient (Wildman–Crippen LogP) is -0.228. The van der Waals surface area contributed by atoms with Crippen LogP contribution in [0.15, 0.2) is 12.1 Å². The molecule has 27 heavy (non-hydrogen) atoms. The molecular formula is C20H30N3O4+. The highest BCUT2D eigenvalue weighted by Crippen LogP contribution is 2.35. The number of hydrogen-bond donors (Lipinski definition) is 2. The maximum absolute atomic E-state index is 12.4. The second-order valence-electron chi connectivity index (χ2n) is 7.34. The van der Waals surface area contributed by atoms with E-state index < -0.39 is 0 Å². The molecule has 148 valence electrons. The molecule has 1 fully saturated rings. The Labute approximate surface area is 160 Å². The zero-order chi connectivity index (χ0) is 19.4. The molecule has 0 spiro atoms. The highest BCUT2D eigenvalue weighted by molar-refractivity contribution is 5.77. The van der Waals surface area contributed by atoms with Crippen molar-refractivity contribution in [3.05, 3.63) is 23.3 Å². The fourth-order valence-corrected chi connectivity index (χ4v) is 3.71. The third-order valence-electron chi connectivity index (χ3n) is 5.18. The molecule has 0 bridgehead atoms. The van der Waals surface area contributed by atoms with Crippen LogP contribution in [0, 0.1) is 0 Å². The van der Waals surface area contributed by atoms with Gasteiger partial charge in [-0.25, -0.2) is 0 Å². The Bertz CT molecular complexity index is 699. The topological polar surface area (TPSA) is 72.3 Å². The standard InChI is InChI=1S/C20H29N3O4/c1-4-26-18-10-16-9-14(2)27-19(16)11-17(18)12-21-20(25)13-22-5-7-23(8-6-22)15(3)24/h10-11,14H,4-9,12-13H2,1-3H3,(H,21,25)/p+1/t14-/m1/s1. The number of nitrogens with one attached hydrogen (secondary N) is 2. The first-order chi connectivity index (χ1) is 13.0. The summed E-state index contributed by atoms with van der Waals surface area (Å²) in [7, 11) is 0. The maximum atomic E-state index is 12.4. The smallest absolute Gasteiger partial charge is 0.275 e. The van der Waals surface area contributed by atoms with Crippen molar-refractivity contribution in [2.75, 3.05) is 39.3 Å². The molecule has 0 aromatic heterocycles. The molecule has 1 saturated heterocycles. The van der Waals surface area contributed by atoms with Gasteiger partial charge in [-0.3, -0.25) is 9.59 Å². The van der Waals surface area contributed by atoms with Crippen LogP contribution in [-0.4, -0.2) is 62.1 Å². The monoisotopic (exact) mass is 376 g/mol. The molecule has 7 nitrogen and oxygen atoms in total. The summed E-state index contributed by atoms with van der Waals surface area (Å²) in [6.07, 6.45) is 1.06. The molecule has 0 aliphatic carbocycles. The average molecular weight is 376 g/mol. The number of ether oxygens (including phenoxy) is 2. The lowest BCUT2D eigenvalue weighted by Crippen LogP contribution is -3.15. The number of fused-ring (bicyclic) bond motifs is 1. The van der Waals surface area contributed by atoms with Crippen LogP contribution in [0.2, 0.25) is 0 Å². The van der Waals surface area contributed by atoms with E-state index in [2.05, 4.69) is 12.2 Å². The van der Waals surface area contributed by atoms with Crippen molar-refractivity contribution < 1.29 is 24.0 Å². The normalized spacial score (nSPS) is 19.4. The number of piperazine rings is 1. The highest BCUT2D eigenvalue weighted by atomic mass is 16.5. The van der Waals surface area contributed by atoms with E-state index >= 15 is 0 Å². The minimum atomic E-state index is 0.0125. The van der Waals surface area contributed by atoms with Gasteiger partial charge in [-0.2, -0.15) is 0 Å². The van der Waals surface area contributed by atoms with E-state index in [-0.39, 0.29) is 17.9 Å². The van der Waals surface area contributed by atoms with Crippen LogP contribution in [0.3, 0.4) is 0 Å². The summed E-state index contributed by atoms with van der Waals surface area (Å²) < 4.78 is 11.6. The summed E-state index contributed by atoms with van der Waals surface area (Å²) >= 11 is 0. The first kappa shape index (κ1) is 19.5. The van der Waals surface area contributed by atoms with Gasteiger partial charge in [0.05, 0.1) is 32.8 Å². The summed E-state index contributed by atoms with van der Waals surface area (Å²) in [4.78, 5) is 26.8. The molecule has 0 saturated carbocycles. The Morgan fingerprint density at radius 2 is 2.07 bits per heavy atom. The Balaban J connectivity index is 1.54. The second kappa shape index (κ2) is 8.61. The largest absolute Gasteiger partial charge is 0.494 e. The minimum Gasteiger partial charge on any atom is -0.494 e. The van der Waals surface area contributed by atoms with Gasteiger partial charge in [0.2, 0.25) is 5.91 Å². The summed E-state index contributed by atoms with van der Waals surface area (Å²) in [5.41, 5.74) is 2.10. The van der Waals surface area contributed by atoms with Gasteiger partial charge in [0.25, 0.3) is 5.91 Å². The van der Waals surface area contributed by atoms with Gasteiger partial charge in [-0.1, -0.05) is 0 Å². The molecule has 2 aliphatic heterocycles. The van der Waals surface area contributed by atoms with Crippen molar-refractivity contribution in [3.63, 3.8) is 0 Å². The number of amides is 2. The number of nitrogens with zero attached hydrogens (tertiary/aromatic N) is 1. The number of rotatable bonds is 6. The highest BCUT2D eigenvalue weighted by Gasteiger charge is 2.24. The number of quaternary nitrogens is 1. The minimum absolute atomic E-state index is 0.0125. The van der Waals surface area contributed by atoms with E-state index in [0.29, 0.717) is 32.8 Å². The van der Waals surface area contributed by atoms with E-state index in [4.69, 9.17) is 9.47 Å². The third-order valence-corrected chi connectivity index (χ3v) is 5.18. The number of carbonyl (C=O) groups is 2. The molecule has 1 aromatic carbocycles. The van der Waals surface area contributed by atoms with E-state index in [0.717, 1.165) is 42.1 Å². The molecule has 0 unspecified atom stereocenters. The van der Waals surface area contributed by atoms with Gasteiger partial charge >= 0.3 is 0 Å². The van der Waals surface area contributed by atoms with E-state index in [1.54, 1.807) is 6.92 Å².